The Balaban J connectivity index is 1.94. The van der Waals surface area contributed by atoms with Gasteiger partial charge in [-0.2, -0.15) is 0 Å². The zero-order valence-corrected chi connectivity index (χ0v) is 8.31. The molecule has 0 spiro atoms. The van der Waals surface area contributed by atoms with Crippen molar-refractivity contribution in [1.82, 2.24) is 4.98 Å². The summed E-state index contributed by atoms with van der Waals surface area (Å²) in [5, 5.41) is 8.50. The van der Waals surface area contributed by atoms with Gasteiger partial charge in [0.1, 0.15) is 18.1 Å². The van der Waals surface area contributed by atoms with E-state index in [4.69, 9.17) is 14.3 Å². The maximum Gasteiger partial charge on any atom is 0.303 e. The van der Waals surface area contributed by atoms with Crippen molar-refractivity contribution in [3.8, 4) is 0 Å². The molecule has 0 amide bonds. The third-order valence-electron chi connectivity index (χ3n) is 2.38. The third kappa shape index (κ3) is 2.56. The highest BCUT2D eigenvalue weighted by atomic mass is 16.5. The van der Waals surface area contributed by atoms with Crippen molar-refractivity contribution in [3.63, 3.8) is 0 Å². The van der Waals surface area contributed by atoms with E-state index in [1.807, 2.05) is 0 Å². The molecule has 1 aliphatic heterocycles. The van der Waals surface area contributed by atoms with Crippen molar-refractivity contribution in [2.24, 2.45) is 0 Å². The van der Waals surface area contributed by atoms with E-state index >= 15 is 0 Å². The quantitative estimate of drug-likeness (QED) is 0.817. The van der Waals surface area contributed by atoms with E-state index in [-0.39, 0.29) is 12.5 Å². The first-order valence-corrected chi connectivity index (χ1v) is 5.03. The van der Waals surface area contributed by atoms with Crippen LogP contribution < -0.4 is 0 Å². The normalized spacial score (nSPS) is 20.7. The van der Waals surface area contributed by atoms with Gasteiger partial charge in [0.15, 0.2) is 5.89 Å². The number of ether oxygens (including phenoxy) is 1. The number of aryl methyl sites for hydroxylation is 1. The van der Waals surface area contributed by atoms with Crippen molar-refractivity contribution in [1.29, 1.82) is 0 Å². The van der Waals surface area contributed by atoms with Crippen LogP contribution in [0.3, 0.4) is 0 Å². The van der Waals surface area contributed by atoms with E-state index < -0.39 is 5.97 Å². The fraction of sp³-hybridized carbons (Fsp3) is 0.600. The van der Waals surface area contributed by atoms with Gasteiger partial charge in [-0.1, -0.05) is 0 Å². The van der Waals surface area contributed by atoms with Crippen LogP contribution in [0.2, 0.25) is 0 Å². The molecule has 0 radical (unpaired) electrons. The van der Waals surface area contributed by atoms with Crippen LogP contribution >= 0.6 is 0 Å². The van der Waals surface area contributed by atoms with Crippen LogP contribution in [-0.4, -0.2) is 22.7 Å². The molecule has 1 N–H and O–H groups in total. The lowest BCUT2D eigenvalue weighted by molar-refractivity contribution is -0.137. The maximum atomic E-state index is 10.3. The number of carboxylic acid groups (broad SMARTS) is 1. The Morgan fingerprint density at radius 3 is 3.20 bits per heavy atom. The van der Waals surface area contributed by atoms with Gasteiger partial charge in [-0.25, -0.2) is 4.98 Å². The number of carbonyl (C=O) groups is 1. The minimum absolute atomic E-state index is 0.0346. The second-order valence-electron chi connectivity index (χ2n) is 3.56. The number of aromatic nitrogens is 1. The molecule has 1 fully saturated rings. The summed E-state index contributed by atoms with van der Waals surface area (Å²) in [5.74, 6) is -0.366. The zero-order chi connectivity index (χ0) is 10.7. The monoisotopic (exact) mass is 211 g/mol. The van der Waals surface area contributed by atoms with Gasteiger partial charge in [0.25, 0.3) is 0 Å². The molecule has 2 rings (SSSR count). The zero-order valence-electron chi connectivity index (χ0n) is 8.31. The van der Waals surface area contributed by atoms with Gasteiger partial charge in [0, 0.05) is 13.0 Å². The first-order chi connectivity index (χ1) is 7.25. The molecule has 1 aromatic rings. The van der Waals surface area contributed by atoms with Crippen LogP contribution in [0.1, 0.15) is 37.0 Å². The van der Waals surface area contributed by atoms with Crippen molar-refractivity contribution in [2.45, 2.75) is 31.8 Å². The van der Waals surface area contributed by atoms with Gasteiger partial charge < -0.3 is 14.3 Å². The number of aliphatic carboxylic acids is 1. The van der Waals surface area contributed by atoms with E-state index in [1.165, 1.54) is 0 Å². The minimum atomic E-state index is -0.841. The van der Waals surface area contributed by atoms with Gasteiger partial charge in [-0.15, -0.1) is 0 Å². The molecule has 1 unspecified atom stereocenters. The predicted octanol–water partition coefficient (Wildman–Crippen LogP) is 1.54. The lowest BCUT2D eigenvalue weighted by Gasteiger charge is -2.02. The van der Waals surface area contributed by atoms with Gasteiger partial charge in [0.05, 0.1) is 6.42 Å². The highest BCUT2D eigenvalue weighted by molar-refractivity contribution is 5.66. The molecule has 2 heterocycles. The van der Waals surface area contributed by atoms with E-state index in [2.05, 4.69) is 4.98 Å². The lowest BCUT2D eigenvalue weighted by Crippen LogP contribution is -1.99. The number of hydrogen-bond acceptors (Lipinski definition) is 4. The van der Waals surface area contributed by atoms with Crippen LogP contribution in [0.15, 0.2) is 10.7 Å². The molecule has 82 valence electrons. The lowest BCUT2D eigenvalue weighted by atomic mass is 10.2. The Morgan fingerprint density at radius 2 is 2.53 bits per heavy atom. The summed E-state index contributed by atoms with van der Waals surface area (Å²) < 4.78 is 10.6. The summed E-state index contributed by atoms with van der Waals surface area (Å²) in [7, 11) is 0. The highest BCUT2D eigenvalue weighted by Gasteiger charge is 2.21. The second-order valence-corrected chi connectivity index (χ2v) is 3.56. The number of carboxylic acids is 1. The first kappa shape index (κ1) is 10.2. The molecular weight excluding hydrogens is 198 g/mol. The summed E-state index contributed by atoms with van der Waals surface area (Å²) in [4.78, 5) is 14.6. The van der Waals surface area contributed by atoms with Crippen molar-refractivity contribution in [3.05, 3.63) is 17.8 Å². The SMILES string of the molecule is O=C(O)CCc1nc(C2CCCO2)co1. The van der Waals surface area contributed by atoms with Crippen LogP contribution in [0, 0.1) is 0 Å². The summed E-state index contributed by atoms with van der Waals surface area (Å²) in [6.45, 7) is 0.766. The second kappa shape index (κ2) is 4.44. The molecule has 5 heteroatoms. The summed E-state index contributed by atoms with van der Waals surface area (Å²) in [6, 6.07) is 0. The van der Waals surface area contributed by atoms with Crippen LogP contribution in [-0.2, 0) is 16.0 Å². The third-order valence-corrected chi connectivity index (χ3v) is 2.38. The van der Waals surface area contributed by atoms with Crippen LogP contribution in [0.5, 0.6) is 0 Å². The molecule has 15 heavy (non-hydrogen) atoms. The molecule has 5 nitrogen and oxygen atoms in total. The molecule has 1 atom stereocenters. The summed E-state index contributed by atoms with van der Waals surface area (Å²) in [5.41, 5.74) is 0.785. The van der Waals surface area contributed by atoms with Gasteiger partial charge in [-0.3, -0.25) is 4.79 Å². The number of nitrogens with zero attached hydrogens (tertiary/aromatic N) is 1. The Labute approximate surface area is 87.1 Å². The molecule has 1 aromatic heterocycles. The first-order valence-electron chi connectivity index (χ1n) is 5.03. The smallest absolute Gasteiger partial charge is 0.303 e. The molecule has 0 bridgehead atoms. The molecule has 1 saturated heterocycles. The number of rotatable bonds is 4. The Morgan fingerprint density at radius 1 is 1.67 bits per heavy atom. The fourth-order valence-electron chi connectivity index (χ4n) is 1.61. The molecule has 0 saturated carbocycles. The summed E-state index contributed by atoms with van der Waals surface area (Å²) in [6.07, 6.45) is 3.99. The Hall–Kier alpha value is -1.36. The predicted molar refractivity (Wildman–Crippen MR) is 50.4 cm³/mol. The average molecular weight is 211 g/mol. The van der Waals surface area contributed by atoms with E-state index in [0.717, 1.165) is 25.1 Å². The van der Waals surface area contributed by atoms with E-state index in [1.54, 1.807) is 6.26 Å². The summed E-state index contributed by atoms with van der Waals surface area (Å²) >= 11 is 0. The molecule has 1 aliphatic rings. The van der Waals surface area contributed by atoms with Gasteiger partial charge in [0.2, 0.25) is 0 Å². The van der Waals surface area contributed by atoms with Crippen LogP contribution in [0.4, 0.5) is 0 Å². The van der Waals surface area contributed by atoms with E-state index in [9.17, 15) is 4.79 Å². The van der Waals surface area contributed by atoms with E-state index in [0.29, 0.717) is 12.3 Å². The fourth-order valence-corrected chi connectivity index (χ4v) is 1.61. The molecule has 0 aromatic carbocycles. The largest absolute Gasteiger partial charge is 0.481 e. The Bertz CT molecular complexity index is 341. The number of oxazole rings is 1. The highest BCUT2D eigenvalue weighted by Crippen LogP contribution is 2.27. The van der Waals surface area contributed by atoms with Gasteiger partial charge >= 0.3 is 5.97 Å². The van der Waals surface area contributed by atoms with Crippen molar-refractivity contribution in [2.75, 3.05) is 6.61 Å². The Kier molecular flexibility index (Phi) is 3.01. The molecule has 0 aliphatic carbocycles. The van der Waals surface area contributed by atoms with Crippen molar-refractivity contribution >= 4 is 5.97 Å². The van der Waals surface area contributed by atoms with Crippen molar-refractivity contribution < 1.29 is 19.1 Å². The maximum absolute atomic E-state index is 10.3. The average Bonchev–Trinajstić information content (AvgIpc) is 2.85. The van der Waals surface area contributed by atoms with Gasteiger partial charge in [-0.05, 0) is 12.8 Å². The van der Waals surface area contributed by atoms with Crippen LogP contribution in [0.25, 0.3) is 0 Å². The minimum Gasteiger partial charge on any atom is -0.481 e. The number of hydrogen-bond donors (Lipinski definition) is 1. The topological polar surface area (TPSA) is 72.6 Å². The molecular formula is C10H13NO4. The standard InChI is InChI=1S/C10H13NO4/c12-10(13)4-3-9-11-7(6-15-9)8-2-1-5-14-8/h6,8H,1-5H2,(H,12,13).